The highest BCUT2D eigenvalue weighted by Gasteiger charge is 2.37. The first-order valence-electron chi connectivity index (χ1n) is 9.14. The van der Waals surface area contributed by atoms with Crippen LogP contribution < -0.4 is 5.32 Å². The summed E-state index contributed by atoms with van der Waals surface area (Å²) in [7, 11) is 0. The van der Waals surface area contributed by atoms with Gasteiger partial charge in [-0.2, -0.15) is 0 Å². The monoisotopic (exact) mass is 330 g/mol. The highest BCUT2D eigenvalue weighted by Crippen LogP contribution is 2.35. The quantitative estimate of drug-likeness (QED) is 0.916. The lowest BCUT2D eigenvalue weighted by atomic mass is 9.75. The summed E-state index contributed by atoms with van der Waals surface area (Å²) in [5.41, 5.74) is 0.923. The lowest BCUT2D eigenvalue weighted by Crippen LogP contribution is -2.51. The zero-order valence-electron chi connectivity index (χ0n) is 15.1. The Balaban J connectivity index is 1.50. The topological polar surface area (TPSA) is 41.6 Å². The van der Waals surface area contributed by atoms with Crippen molar-refractivity contribution < 1.29 is 9.53 Å². The fourth-order valence-corrected chi connectivity index (χ4v) is 4.06. The zero-order valence-corrected chi connectivity index (χ0v) is 15.1. The largest absolute Gasteiger partial charge is 0.444 e. The lowest BCUT2D eigenvalue weighted by molar-refractivity contribution is 0.000128. The van der Waals surface area contributed by atoms with Crippen molar-refractivity contribution in [2.24, 2.45) is 11.8 Å². The van der Waals surface area contributed by atoms with Crippen LogP contribution >= 0.6 is 0 Å². The van der Waals surface area contributed by atoms with Gasteiger partial charge in [0.1, 0.15) is 5.60 Å². The van der Waals surface area contributed by atoms with E-state index in [9.17, 15) is 4.79 Å². The van der Waals surface area contributed by atoms with E-state index in [1.807, 2.05) is 25.7 Å². The number of nitrogens with one attached hydrogen (secondary N) is 1. The van der Waals surface area contributed by atoms with Gasteiger partial charge in [0.2, 0.25) is 0 Å². The zero-order chi connectivity index (χ0) is 17.2. The normalized spacial score (nSPS) is 27.0. The number of carbonyl (C=O) groups is 1. The molecule has 2 unspecified atom stereocenters. The van der Waals surface area contributed by atoms with Crippen molar-refractivity contribution in [1.29, 1.82) is 0 Å². The molecule has 1 aliphatic carbocycles. The molecule has 1 saturated carbocycles. The number of benzene rings is 1. The summed E-state index contributed by atoms with van der Waals surface area (Å²) < 4.78 is 5.55. The van der Waals surface area contributed by atoms with Crippen LogP contribution in [0.15, 0.2) is 30.3 Å². The first kappa shape index (κ1) is 17.3. The molecule has 2 aliphatic rings. The van der Waals surface area contributed by atoms with E-state index in [-0.39, 0.29) is 6.09 Å². The van der Waals surface area contributed by atoms with Gasteiger partial charge in [-0.05, 0) is 57.4 Å². The molecule has 1 N–H and O–H groups in total. The molecule has 2 fully saturated rings. The summed E-state index contributed by atoms with van der Waals surface area (Å²) >= 11 is 0. The molecule has 0 radical (unpaired) electrons. The third-order valence-corrected chi connectivity index (χ3v) is 4.95. The molecule has 0 aromatic heterocycles. The van der Waals surface area contributed by atoms with Gasteiger partial charge in [-0.15, -0.1) is 0 Å². The number of carbonyl (C=O) groups excluding carboxylic acids is 1. The third-order valence-electron chi connectivity index (χ3n) is 4.95. The molecule has 2 bridgehead atoms. The number of fused-ring (bicyclic) bond motifs is 2. The summed E-state index contributed by atoms with van der Waals surface area (Å²) in [6.45, 7) is 8.40. The van der Waals surface area contributed by atoms with Gasteiger partial charge in [0.05, 0.1) is 0 Å². The van der Waals surface area contributed by atoms with Gasteiger partial charge in [-0.1, -0.05) is 30.3 Å². The van der Waals surface area contributed by atoms with Gasteiger partial charge < -0.3 is 15.0 Å². The highest BCUT2D eigenvalue weighted by molar-refractivity contribution is 5.68. The van der Waals surface area contributed by atoms with Crippen LogP contribution in [0, 0.1) is 11.8 Å². The van der Waals surface area contributed by atoms with Crippen molar-refractivity contribution in [3.8, 4) is 0 Å². The molecule has 1 saturated heterocycles. The van der Waals surface area contributed by atoms with E-state index in [1.54, 1.807) is 0 Å². The standard InChI is InChI=1S/C20H30N2O2/c1-20(2,3)24-19(23)22-13-16-9-17(14-22)11-18(10-16)21-12-15-7-5-4-6-8-15/h4-8,16-18,21H,9-14H2,1-3H3. The van der Waals surface area contributed by atoms with Crippen LogP contribution in [-0.4, -0.2) is 35.7 Å². The Morgan fingerprint density at radius 3 is 2.33 bits per heavy atom. The van der Waals surface area contributed by atoms with Crippen LogP contribution in [0.1, 0.15) is 45.6 Å². The van der Waals surface area contributed by atoms with Gasteiger partial charge in [0.25, 0.3) is 0 Å². The first-order valence-corrected chi connectivity index (χ1v) is 9.14. The molecule has 4 nitrogen and oxygen atoms in total. The number of piperidine rings is 1. The van der Waals surface area contributed by atoms with E-state index in [0.29, 0.717) is 17.9 Å². The van der Waals surface area contributed by atoms with Crippen molar-refractivity contribution in [2.75, 3.05) is 13.1 Å². The van der Waals surface area contributed by atoms with Crippen molar-refractivity contribution in [3.05, 3.63) is 35.9 Å². The summed E-state index contributed by atoms with van der Waals surface area (Å²) in [6.07, 6.45) is 3.42. The Morgan fingerprint density at radius 1 is 1.12 bits per heavy atom. The van der Waals surface area contributed by atoms with Crippen molar-refractivity contribution >= 4 is 6.09 Å². The Labute approximate surface area is 145 Å². The van der Waals surface area contributed by atoms with Crippen LogP contribution in [0.5, 0.6) is 0 Å². The van der Waals surface area contributed by atoms with E-state index in [1.165, 1.54) is 12.0 Å². The summed E-state index contributed by atoms with van der Waals surface area (Å²) in [5, 5.41) is 3.71. The Kier molecular flexibility index (Phi) is 5.14. The maximum absolute atomic E-state index is 12.3. The Morgan fingerprint density at radius 2 is 1.75 bits per heavy atom. The van der Waals surface area contributed by atoms with Crippen molar-refractivity contribution in [2.45, 2.75) is 58.2 Å². The molecule has 1 amide bonds. The smallest absolute Gasteiger partial charge is 0.410 e. The first-order chi connectivity index (χ1) is 11.4. The highest BCUT2D eigenvalue weighted by atomic mass is 16.6. The number of hydrogen-bond donors (Lipinski definition) is 1. The average Bonchev–Trinajstić information content (AvgIpc) is 2.51. The number of amides is 1. The maximum atomic E-state index is 12.3. The summed E-state index contributed by atoms with van der Waals surface area (Å²) in [4.78, 5) is 14.3. The van der Waals surface area contributed by atoms with Gasteiger partial charge in [-0.25, -0.2) is 4.79 Å². The van der Waals surface area contributed by atoms with Gasteiger partial charge in [0.15, 0.2) is 0 Å². The molecule has 0 spiro atoms. The van der Waals surface area contributed by atoms with Gasteiger partial charge in [0, 0.05) is 25.7 Å². The summed E-state index contributed by atoms with van der Waals surface area (Å²) in [6, 6.07) is 11.1. The predicted octanol–water partition coefficient (Wildman–Crippen LogP) is 3.81. The molecule has 1 aliphatic heterocycles. The van der Waals surface area contributed by atoms with Crippen LogP contribution in [0.2, 0.25) is 0 Å². The van der Waals surface area contributed by atoms with Crippen LogP contribution in [0.25, 0.3) is 0 Å². The fraction of sp³-hybridized carbons (Fsp3) is 0.650. The van der Waals surface area contributed by atoms with E-state index >= 15 is 0 Å². The minimum absolute atomic E-state index is 0.145. The van der Waals surface area contributed by atoms with Gasteiger partial charge in [-0.3, -0.25) is 0 Å². The van der Waals surface area contributed by atoms with Crippen LogP contribution in [-0.2, 0) is 11.3 Å². The molecule has 1 heterocycles. The van der Waals surface area contributed by atoms with Gasteiger partial charge >= 0.3 is 6.09 Å². The number of ether oxygens (including phenoxy) is 1. The second kappa shape index (κ2) is 7.14. The third kappa shape index (κ3) is 4.73. The van der Waals surface area contributed by atoms with E-state index < -0.39 is 5.60 Å². The molecule has 2 atom stereocenters. The molecule has 3 rings (SSSR count). The minimum Gasteiger partial charge on any atom is -0.444 e. The van der Waals surface area contributed by atoms with E-state index in [4.69, 9.17) is 4.74 Å². The number of nitrogens with zero attached hydrogens (tertiary/aromatic N) is 1. The Hall–Kier alpha value is -1.55. The molecule has 1 aromatic carbocycles. The molecule has 1 aromatic rings. The van der Waals surface area contributed by atoms with Crippen LogP contribution in [0.4, 0.5) is 4.79 Å². The predicted molar refractivity (Wildman–Crippen MR) is 95.7 cm³/mol. The number of rotatable bonds is 3. The molecule has 24 heavy (non-hydrogen) atoms. The van der Waals surface area contributed by atoms with E-state index in [2.05, 4.69) is 35.6 Å². The second-order valence-electron chi connectivity index (χ2n) is 8.39. The molecular formula is C20H30N2O2. The van der Waals surface area contributed by atoms with Crippen molar-refractivity contribution in [1.82, 2.24) is 10.2 Å². The number of likely N-dealkylation sites (tertiary alicyclic amines) is 1. The number of hydrogen-bond acceptors (Lipinski definition) is 3. The van der Waals surface area contributed by atoms with Crippen LogP contribution in [0.3, 0.4) is 0 Å². The maximum Gasteiger partial charge on any atom is 0.410 e. The SMILES string of the molecule is CC(C)(C)OC(=O)N1CC2CC(CC(NCc3ccccc3)C2)C1. The Bertz CT molecular complexity index is 539. The van der Waals surface area contributed by atoms with Crippen molar-refractivity contribution in [3.63, 3.8) is 0 Å². The molecule has 4 heteroatoms. The fourth-order valence-electron chi connectivity index (χ4n) is 4.06. The average molecular weight is 330 g/mol. The summed E-state index contributed by atoms with van der Waals surface area (Å²) in [5.74, 6) is 1.19. The second-order valence-corrected chi connectivity index (χ2v) is 8.39. The molecule has 132 valence electrons. The molecular weight excluding hydrogens is 300 g/mol. The lowest BCUT2D eigenvalue weighted by Gasteiger charge is -2.44. The minimum atomic E-state index is -0.413. The van der Waals surface area contributed by atoms with E-state index in [0.717, 1.165) is 32.5 Å².